The first-order chi connectivity index (χ1) is 10.3. The smallest absolute Gasteiger partial charge is 0.0699 e. The van der Waals surface area contributed by atoms with Crippen LogP contribution in [0.3, 0.4) is 0 Å². The van der Waals surface area contributed by atoms with Gasteiger partial charge < -0.3 is 0 Å². The first-order valence-corrected chi connectivity index (χ1v) is 9.57. The van der Waals surface area contributed by atoms with Crippen molar-refractivity contribution in [3.8, 4) is 11.1 Å². The number of halogens is 1. The Kier molecular flexibility index (Phi) is 5.34. The van der Waals surface area contributed by atoms with E-state index >= 15 is 0 Å². The van der Waals surface area contributed by atoms with Crippen LogP contribution in [-0.2, 0) is 0 Å². The van der Waals surface area contributed by atoms with Gasteiger partial charge in [-0.25, -0.2) is 0 Å². The Balaban J connectivity index is 1.75. The van der Waals surface area contributed by atoms with Crippen LogP contribution in [0.15, 0.2) is 60.7 Å². The highest BCUT2D eigenvalue weighted by Crippen LogP contribution is 2.34. The summed E-state index contributed by atoms with van der Waals surface area (Å²) in [5.74, 6) is 2.48. The molecule has 0 spiro atoms. The molecule has 0 nitrogen and oxygen atoms in total. The fraction of sp³-hybridized carbons (Fsp3) is 0.222. The van der Waals surface area contributed by atoms with Crippen LogP contribution in [0.2, 0.25) is 0 Å². The second-order valence-electron chi connectivity index (χ2n) is 4.92. The normalized spacial score (nSPS) is 16.9. The molecule has 1 saturated heterocycles. The summed E-state index contributed by atoms with van der Waals surface area (Å²) in [5, 5.41) is 0.863. The van der Waals surface area contributed by atoms with Crippen molar-refractivity contribution in [3.63, 3.8) is 0 Å². The average Bonchev–Trinajstić information content (AvgIpc) is 2.57. The fourth-order valence-corrected chi connectivity index (χ4v) is 5.37. The molecule has 1 aliphatic rings. The second kappa shape index (κ2) is 7.44. The number of rotatable bonds is 3. The molecule has 0 amide bonds. The third-order valence-corrected chi connectivity index (χ3v) is 6.54. The molecule has 0 bridgehead atoms. The summed E-state index contributed by atoms with van der Waals surface area (Å²) < 4.78 is 0.500. The summed E-state index contributed by atoms with van der Waals surface area (Å²) in [5.41, 5.74) is 3.57. The van der Waals surface area contributed by atoms with E-state index in [9.17, 15) is 0 Å². The van der Waals surface area contributed by atoms with E-state index < -0.39 is 0 Å². The lowest BCUT2D eigenvalue weighted by atomic mass is 10.0. The van der Waals surface area contributed by atoms with Crippen LogP contribution in [0.25, 0.3) is 16.2 Å². The maximum atomic E-state index is 6.47. The Morgan fingerprint density at radius 3 is 2.19 bits per heavy atom. The minimum Gasteiger partial charge on any atom is -0.143 e. The van der Waals surface area contributed by atoms with E-state index in [4.69, 9.17) is 11.6 Å². The summed E-state index contributed by atoms with van der Waals surface area (Å²) >= 11 is 10.4. The van der Waals surface area contributed by atoms with Crippen LogP contribution in [0, 0.1) is 0 Å². The first-order valence-electron chi connectivity index (χ1n) is 7.09. The number of thioether (sulfide) groups is 2. The molecule has 108 valence electrons. The lowest BCUT2D eigenvalue weighted by Gasteiger charge is -2.18. The van der Waals surface area contributed by atoms with Crippen LogP contribution < -0.4 is 0 Å². The predicted octanol–water partition coefficient (Wildman–Crippen LogP) is 6.13. The summed E-state index contributed by atoms with van der Waals surface area (Å²) in [7, 11) is 0. The minimum atomic E-state index is 0.500. The van der Waals surface area contributed by atoms with Gasteiger partial charge in [0.05, 0.1) is 4.58 Å². The van der Waals surface area contributed by atoms with Gasteiger partial charge in [-0.1, -0.05) is 66.2 Å². The lowest BCUT2D eigenvalue weighted by Crippen LogP contribution is -2.03. The number of hydrogen-bond donors (Lipinski definition) is 0. The van der Waals surface area contributed by atoms with Crippen molar-refractivity contribution in [1.29, 1.82) is 0 Å². The van der Waals surface area contributed by atoms with Crippen LogP contribution in [0.5, 0.6) is 0 Å². The zero-order chi connectivity index (χ0) is 14.5. The fourth-order valence-electron chi connectivity index (χ4n) is 2.27. The molecule has 3 heteroatoms. The molecule has 0 unspecified atom stereocenters. The van der Waals surface area contributed by atoms with Crippen LogP contribution in [0.1, 0.15) is 12.0 Å². The molecule has 21 heavy (non-hydrogen) atoms. The van der Waals surface area contributed by atoms with Crippen LogP contribution in [0.4, 0.5) is 0 Å². The predicted molar refractivity (Wildman–Crippen MR) is 99.0 cm³/mol. The van der Waals surface area contributed by atoms with E-state index in [1.807, 2.05) is 29.6 Å². The van der Waals surface area contributed by atoms with Crippen LogP contribution >= 0.6 is 35.1 Å². The summed E-state index contributed by atoms with van der Waals surface area (Å²) in [6.45, 7) is 0. The van der Waals surface area contributed by atoms with Gasteiger partial charge in [0.25, 0.3) is 0 Å². The zero-order valence-corrected chi connectivity index (χ0v) is 14.1. The van der Waals surface area contributed by atoms with Crippen LogP contribution in [-0.4, -0.2) is 16.1 Å². The minimum absolute atomic E-state index is 0.500. The molecule has 0 aliphatic carbocycles. The van der Waals surface area contributed by atoms with Crippen molar-refractivity contribution in [2.24, 2.45) is 0 Å². The molecule has 1 fully saturated rings. The molecule has 0 aromatic heterocycles. The summed E-state index contributed by atoms with van der Waals surface area (Å²) in [6, 6.07) is 18.9. The third-order valence-electron chi connectivity index (χ3n) is 3.40. The molecule has 0 N–H and O–H groups in total. The van der Waals surface area contributed by atoms with Crippen molar-refractivity contribution in [1.82, 2.24) is 0 Å². The molecular weight excluding hydrogens is 316 g/mol. The maximum absolute atomic E-state index is 6.47. The Morgan fingerprint density at radius 2 is 1.52 bits per heavy atom. The standard InChI is InChI=1S/C18H17ClS2/c19-17(13-18-20-11-4-12-21-18)16-9-7-15(8-10-16)14-5-2-1-3-6-14/h1-3,5-10,13,18H,4,11-12H2/b17-13-. The molecule has 1 heterocycles. The molecule has 2 aromatic carbocycles. The van der Waals surface area contributed by atoms with Crippen molar-refractivity contribution in [2.75, 3.05) is 11.5 Å². The monoisotopic (exact) mass is 332 g/mol. The number of benzene rings is 2. The van der Waals surface area contributed by atoms with Gasteiger partial charge in [-0.3, -0.25) is 0 Å². The molecular formula is C18H17ClS2. The largest absolute Gasteiger partial charge is 0.143 e. The van der Waals surface area contributed by atoms with E-state index in [-0.39, 0.29) is 0 Å². The maximum Gasteiger partial charge on any atom is 0.0699 e. The van der Waals surface area contributed by atoms with E-state index in [1.165, 1.54) is 29.1 Å². The van der Waals surface area contributed by atoms with E-state index in [0.717, 1.165) is 10.6 Å². The third kappa shape index (κ3) is 4.09. The van der Waals surface area contributed by atoms with E-state index in [1.54, 1.807) is 0 Å². The Hall–Kier alpha value is -0.830. The molecule has 0 atom stereocenters. The van der Waals surface area contributed by atoms with Gasteiger partial charge in [-0.2, -0.15) is 0 Å². The molecule has 0 radical (unpaired) electrons. The van der Waals surface area contributed by atoms with Gasteiger partial charge in [-0.05, 0) is 40.7 Å². The zero-order valence-electron chi connectivity index (χ0n) is 11.7. The Bertz CT molecular complexity index is 599. The van der Waals surface area contributed by atoms with E-state index in [0.29, 0.717) is 4.58 Å². The highest BCUT2D eigenvalue weighted by Gasteiger charge is 2.13. The molecule has 0 saturated carbocycles. The quantitative estimate of drug-likeness (QED) is 0.663. The van der Waals surface area contributed by atoms with Gasteiger partial charge in [-0.15, -0.1) is 23.5 Å². The lowest BCUT2D eigenvalue weighted by molar-refractivity contribution is 1.11. The van der Waals surface area contributed by atoms with Crippen molar-refractivity contribution in [3.05, 3.63) is 66.2 Å². The Labute approximate surface area is 140 Å². The number of hydrogen-bond acceptors (Lipinski definition) is 2. The van der Waals surface area contributed by atoms with E-state index in [2.05, 4.69) is 54.6 Å². The van der Waals surface area contributed by atoms with Gasteiger partial charge in [0.1, 0.15) is 0 Å². The molecule has 2 aromatic rings. The Morgan fingerprint density at radius 1 is 0.905 bits per heavy atom. The SMILES string of the molecule is Cl/C(=C\C1SCCCS1)c1ccc(-c2ccccc2)cc1. The van der Waals surface area contributed by atoms with Gasteiger partial charge in [0.15, 0.2) is 0 Å². The van der Waals surface area contributed by atoms with Crippen molar-refractivity contribution in [2.45, 2.75) is 11.0 Å². The van der Waals surface area contributed by atoms with Crippen molar-refractivity contribution < 1.29 is 0 Å². The molecule has 1 aliphatic heterocycles. The summed E-state index contributed by atoms with van der Waals surface area (Å²) in [6.07, 6.45) is 3.50. The van der Waals surface area contributed by atoms with Gasteiger partial charge in [0, 0.05) is 5.03 Å². The molecule has 3 rings (SSSR count). The van der Waals surface area contributed by atoms with Gasteiger partial charge in [0.2, 0.25) is 0 Å². The highest BCUT2D eigenvalue weighted by atomic mass is 35.5. The van der Waals surface area contributed by atoms with Gasteiger partial charge >= 0.3 is 0 Å². The second-order valence-corrected chi connectivity index (χ2v) is 8.13. The van der Waals surface area contributed by atoms with Crippen molar-refractivity contribution >= 4 is 40.2 Å². The topological polar surface area (TPSA) is 0 Å². The average molecular weight is 333 g/mol. The first kappa shape index (κ1) is 15.1. The summed E-state index contributed by atoms with van der Waals surface area (Å²) in [4.78, 5) is 0. The highest BCUT2D eigenvalue weighted by molar-refractivity contribution is 8.17.